The molecule has 1 rings (SSSR count). The van der Waals surface area contributed by atoms with Crippen LogP contribution in [-0.2, 0) is 22.4 Å². The van der Waals surface area contributed by atoms with E-state index in [4.69, 9.17) is 15.6 Å². The van der Waals surface area contributed by atoms with Gasteiger partial charge in [0.15, 0.2) is 0 Å². The maximum atomic E-state index is 11.9. The Morgan fingerprint density at radius 3 is 2.35 bits per heavy atom. The van der Waals surface area contributed by atoms with E-state index >= 15 is 0 Å². The summed E-state index contributed by atoms with van der Waals surface area (Å²) in [5.41, 5.74) is 7.25. The van der Waals surface area contributed by atoms with Gasteiger partial charge >= 0.3 is 12.1 Å². The van der Waals surface area contributed by atoms with Gasteiger partial charge in [-0.1, -0.05) is 24.3 Å². The van der Waals surface area contributed by atoms with E-state index < -0.39 is 23.7 Å². The normalized spacial score (nSPS) is 14.0. The minimum atomic E-state index is -1.04. The molecule has 0 spiro atoms. The number of amides is 1. The number of ether oxygens (including phenoxy) is 1. The van der Waals surface area contributed by atoms with E-state index in [9.17, 15) is 9.59 Å². The molecule has 23 heavy (non-hydrogen) atoms. The van der Waals surface area contributed by atoms with Crippen LogP contribution in [0.2, 0.25) is 0 Å². The molecule has 6 heteroatoms. The number of hydrogen-bond donors (Lipinski definition) is 3. The second kappa shape index (κ2) is 7.97. The molecule has 0 radical (unpaired) electrons. The Morgan fingerprint density at radius 1 is 1.26 bits per heavy atom. The van der Waals surface area contributed by atoms with Gasteiger partial charge in [0.1, 0.15) is 11.6 Å². The molecule has 0 aliphatic carbocycles. The Bertz CT molecular complexity index is 552. The molecule has 4 N–H and O–H groups in total. The van der Waals surface area contributed by atoms with Crippen LogP contribution in [0.25, 0.3) is 0 Å². The lowest BCUT2D eigenvalue weighted by Gasteiger charge is -2.22. The largest absolute Gasteiger partial charge is 0.465 e. The molecule has 1 aromatic carbocycles. The van der Waals surface area contributed by atoms with Crippen LogP contribution in [0.1, 0.15) is 38.8 Å². The summed E-state index contributed by atoms with van der Waals surface area (Å²) < 4.78 is 5.27. The topological polar surface area (TPSA) is 102 Å². The highest BCUT2D eigenvalue weighted by atomic mass is 16.6. The predicted octanol–water partition coefficient (Wildman–Crippen LogP) is 2.10. The number of esters is 1. The molecule has 128 valence electrons. The van der Waals surface area contributed by atoms with Gasteiger partial charge in [0.05, 0.1) is 0 Å². The van der Waals surface area contributed by atoms with Gasteiger partial charge in [-0.05, 0) is 51.7 Å². The molecule has 0 saturated carbocycles. The summed E-state index contributed by atoms with van der Waals surface area (Å²) in [5.74, 6) is -0.427. The molecule has 1 amide bonds. The summed E-state index contributed by atoms with van der Waals surface area (Å²) in [7, 11) is 0. The lowest BCUT2D eigenvalue weighted by Crippen LogP contribution is -2.38. The van der Waals surface area contributed by atoms with Crippen LogP contribution >= 0.6 is 0 Å². The fourth-order valence-electron chi connectivity index (χ4n) is 2.21. The Balaban J connectivity index is 2.66. The molecule has 1 unspecified atom stereocenters. The monoisotopic (exact) mass is 322 g/mol. The summed E-state index contributed by atoms with van der Waals surface area (Å²) in [6, 6.07) is 6.71. The highest BCUT2D eigenvalue weighted by molar-refractivity contribution is 5.76. The molecule has 0 saturated heterocycles. The van der Waals surface area contributed by atoms with Crippen LogP contribution in [0.5, 0.6) is 0 Å². The van der Waals surface area contributed by atoms with Crippen LogP contribution in [0.3, 0.4) is 0 Å². The third-order valence-corrected chi connectivity index (χ3v) is 3.07. The number of carbonyl (C=O) groups is 2. The second-order valence-electron chi connectivity index (χ2n) is 6.72. The summed E-state index contributed by atoms with van der Waals surface area (Å²) >= 11 is 0. The van der Waals surface area contributed by atoms with Gasteiger partial charge in [0.2, 0.25) is 0 Å². The summed E-state index contributed by atoms with van der Waals surface area (Å²) in [4.78, 5) is 22.5. The number of benzene rings is 1. The fraction of sp³-hybridized carbons (Fsp3) is 0.529. The smallest absolute Gasteiger partial charge is 0.404 e. The fourth-order valence-corrected chi connectivity index (χ4v) is 2.21. The predicted molar refractivity (Wildman–Crippen MR) is 88.3 cm³/mol. The molecule has 0 aromatic heterocycles. The minimum absolute atomic E-state index is 0.192. The van der Waals surface area contributed by atoms with Crippen molar-refractivity contribution in [1.29, 1.82) is 0 Å². The van der Waals surface area contributed by atoms with Gasteiger partial charge in [-0.2, -0.15) is 0 Å². The Kier molecular flexibility index (Phi) is 6.57. The number of rotatable bonds is 6. The van der Waals surface area contributed by atoms with Crippen LogP contribution in [0, 0.1) is 0 Å². The van der Waals surface area contributed by atoms with Gasteiger partial charge in [0.25, 0.3) is 0 Å². The standard InChI is InChI=1S/C17H26N2O4/c1-11(19-16(21)22)8-12-6-5-7-13(9-12)10-14(18)15(20)23-17(2,3)4/h5-7,9,11,14,19H,8,10,18H2,1-4H3,(H,21,22)/t11?,14-/m0/s1. The quantitative estimate of drug-likeness (QED) is 0.696. The van der Waals surface area contributed by atoms with Crippen molar-refractivity contribution in [2.75, 3.05) is 0 Å². The highest BCUT2D eigenvalue weighted by Crippen LogP contribution is 2.12. The molecule has 6 nitrogen and oxygen atoms in total. The lowest BCUT2D eigenvalue weighted by atomic mass is 10.0. The SMILES string of the molecule is CC(Cc1cccc(C[C@H](N)C(=O)OC(C)(C)C)c1)NC(=O)O. The first-order chi connectivity index (χ1) is 10.6. The molecule has 1 aromatic rings. The average Bonchev–Trinajstić information content (AvgIpc) is 2.35. The average molecular weight is 322 g/mol. The number of carboxylic acid groups (broad SMARTS) is 1. The third-order valence-electron chi connectivity index (χ3n) is 3.07. The van der Waals surface area contributed by atoms with E-state index in [0.717, 1.165) is 11.1 Å². The van der Waals surface area contributed by atoms with Gasteiger partial charge < -0.3 is 20.9 Å². The van der Waals surface area contributed by atoms with Crippen molar-refractivity contribution in [3.05, 3.63) is 35.4 Å². The Morgan fingerprint density at radius 2 is 1.83 bits per heavy atom. The van der Waals surface area contributed by atoms with Crippen molar-refractivity contribution in [1.82, 2.24) is 5.32 Å². The lowest BCUT2D eigenvalue weighted by molar-refractivity contribution is -0.156. The zero-order chi connectivity index (χ0) is 17.6. The molecule has 2 atom stereocenters. The zero-order valence-electron chi connectivity index (χ0n) is 14.1. The van der Waals surface area contributed by atoms with Gasteiger partial charge in [0, 0.05) is 6.04 Å². The van der Waals surface area contributed by atoms with E-state index in [1.165, 1.54) is 0 Å². The van der Waals surface area contributed by atoms with Crippen molar-refractivity contribution < 1.29 is 19.4 Å². The van der Waals surface area contributed by atoms with Gasteiger partial charge in [-0.25, -0.2) is 4.79 Å². The van der Waals surface area contributed by atoms with E-state index in [1.807, 2.05) is 24.3 Å². The molecule has 0 aliphatic heterocycles. The highest BCUT2D eigenvalue weighted by Gasteiger charge is 2.22. The van der Waals surface area contributed by atoms with Crippen LogP contribution < -0.4 is 11.1 Å². The molecule has 0 heterocycles. The van der Waals surface area contributed by atoms with E-state index in [1.54, 1.807) is 27.7 Å². The van der Waals surface area contributed by atoms with Crippen molar-refractivity contribution >= 4 is 12.1 Å². The number of carbonyl (C=O) groups excluding carboxylic acids is 1. The zero-order valence-corrected chi connectivity index (χ0v) is 14.1. The maximum absolute atomic E-state index is 11.9. The van der Waals surface area contributed by atoms with Crippen molar-refractivity contribution in [3.63, 3.8) is 0 Å². The molecule has 0 fully saturated rings. The minimum Gasteiger partial charge on any atom is -0.465 e. The summed E-state index contributed by atoms with van der Waals surface area (Å²) in [5, 5.41) is 11.1. The first-order valence-electron chi connectivity index (χ1n) is 7.62. The first kappa shape index (κ1) is 19.0. The first-order valence-corrected chi connectivity index (χ1v) is 7.62. The molecular weight excluding hydrogens is 296 g/mol. The van der Waals surface area contributed by atoms with Crippen molar-refractivity contribution in [2.45, 2.75) is 58.2 Å². The number of hydrogen-bond acceptors (Lipinski definition) is 4. The van der Waals surface area contributed by atoms with Crippen LogP contribution in [-0.4, -0.2) is 34.9 Å². The van der Waals surface area contributed by atoms with E-state index in [-0.39, 0.29) is 6.04 Å². The molecular formula is C17H26N2O4. The summed E-state index contributed by atoms with van der Waals surface area (Å²) in [6.45, 7) is 7.20. The van der Waals surface area contributed by atoms with Crippen LogP contribution in [0.4, 0.5) is 4.79 Å². The Hall–Kier alpha value is -2.08. The Labute approximate surface area is 137 Å². The third kappa shape index (κ3) is 7.65. The van der Waals surface area contributed by atoms with E-state index in [2.05, 4.69) is 5.32 Å². The number of nitrogens with one attached hydrogen (secondary N) is 1. The number of nitrogens with two attached hydrogens (primary N) is 1. The van der Waals surface area contributed by atoms with Crippen LogP contribution in [0.15, 0.2) is 24.3 Å². The van der Waals surface area contributed by atoms with Gasteiger partial charge in [-0.15, -0.1) is 0 Å². The van der Waals surface area contributed by atoms with Crippen molar-refractivity contribution in [3.8, 4) is 0 Å². The van der Waals surface area contributed by atoms with E-state index in [0.29, 0.717) is 12.8 Å². The summed E-state index contributed by atoms with van der Waals surface area (Å²) in [6.07, 6.45) is -0.0914. The molecule has 0 aliphatic rings. The maximum Gasteiger partial charge on any atom is 0.404 e. The second-order valence-corrected chi connectivity index (χ2v) is 6.72. The van der Waals surface area contributed by atoms with Gasteiger partial charge in [-0.3, -0.25) is 4.79 Å². The van der Waals surface area contributed by atoms with Crippen molar-refractivity contribution in [2.24, 2.45) is 5.73 Å². The molecule has 0 bridgehead atoms.